The molecular weight excluding hydrogens is 270 g/mol. The number of carbonyl (C=O) groups excluding carboxylic acids is 1. The van der Waals surface area contributed by atoms with E-state index in [-0.39, 0.29) is 5.91 Å². The summed E-state index contributed by atoms with van der Waals surface area (Å²) in [4.78, 5) is 12.5. The molecule has 0 aliphatic heterocycles. The van der Waals surface area contributed by atoms with Crippen LogP contribution in [0.3, 0.4) is 0 Å². The van der Waals surface area contributed by atoms with Gasteiger partial charge in [0, 0.05) is 12.1 Å². The van der Waals surface area contributed by atoms with E-state index < -0.39 is 0 Å². The Bertz CT molecular complexity index is 602. The SMILES string of the molecule is CCCCCNC(=O)/C(=C\c1ccccc1)c1ccccc1. The van der Waals surface area contributed by atoms with Gasteiger partial charge in [-0.15, -0.1) is 0 Å². The van der Waals surface area contributed by atoms with Crippen LogP contribution in [-0.2, 0) is 4.79 Å². The molecule has 0 aliphatic carbocycles. The number of carbonyl (C=O) groups is 1. The van der Waals surface area contributed by atoms with E-state index in [0.717, 1.165) is 36.9 Å². The number of hydrogen-bond acceptors (Lipinski definition) is 1. The molecule has 0 aromatic heterocycles. The average molecular weight is 293 g/mol. The van der Waals surface area contributed by atoms with Crippen LogP contribution in [0.4, 0.5) is 0 Å². The van der Waals surface area contributed by atoms with E-state index in [4.69, 9.17) is 0 Å². The maximum Gasteiger partial charge on any atom is 0.251 e. The van der Waals surface area contributed by atoms with Gasteiger partial charge in [0.2, 0.25) is 0 Å². The molecule has 0 fully saturated rings. The van der Waals surface area contributed by atoms with Crippen LogP contribution < -0.4 is 5.32 Å². The molecule has 0 aliphatic rings. The summed E-state index contributed by atoms with van der Waals surface area (Å²) in [7, 11) is 0. The fourth-order valence-corrected chi connectivity index (χ4v) is 2.29. The van der Waals surface area contributed by atoms with Crippen molar-refractivity contribution in [3.63, 3.8) is 0 Å². The molecule has 114 valence electrons. The molecule has 0 radical (unpaired) electrons. The van der Waals surface area contributed by atoms with Crippen LogP contribution >= 0.6 is 0 Å². The summed E-state index contributed by atoms with van der Waals surface area (Å²) in [6.45, 7) is 2.89. The maximum absolute atomic E-state index is 12.5. The summed E-state index contributed by atoms with van der Waals surface area (Å²) in [5.41, 5.74) is 2.69. The first kappa shape index (κ1) is 16.0. The first-order valence-electron chi connectivity index (χ1n) is 7.91. The molecule has 1 N–H and O–H groups in total. The molecule has 0 spiro atoms. The van der Waals surface area contributed by atoms with Gasteiger partial charge in [-0.3, -0.25) is 4.79 Å². The van der Waals surface area contributed by atoms with Gasteiger partial charge >= 0.3 is 0 Å². The van der Waals surface area contributed by atoms with Crippen LogP contribution in [-0.4, -0.2) is 12.5 Å². The predicted molar refractivity (Wildman–Crippen MR) is 93.3 cm³/mol. The van der Waals surface area contributed by atoms with Crippen molar-refractivity contribution < 1.29 is 4.79 Å². The normalized spacial score (nSPS) is 11.2. The van der Waals surface area contributed by atoms with Crippen molar-refractivity contribution in [1.82, 2.24) is 5.32 Å². The number of hydrogen-bond donors (Lipinski definition) is 1. The Kier molecular flexibility index (Phi) is 6.43. The minimum absolute atomic E-state index is 0.00819. The molecule has 2 nitrogen and oxygen atoms in total. The largest absolute Gasteiger partial charge is 0.352 e. The van der Waals surface area contributed by atoms with Crippen LogP contribution in [0.2, 0.25) is 0 Å². The van der Waals surface area contributed by atoms with Crippen molar-refractivity contribution in [3.05, 3.63) is 71.8 Å². The third-order valence-corrected chi connectivity index (χ3v) is 3.51. The van der Waals surface area contributed by atoms with Gasteiger partial charge < -0.3 is 5.32 Å². The van der Waals surface area contributed by atoms with E-state index in [2.05, 4.69) is 12.2 Å². The Hall–Kier alpha value is -2.35. The summed E-state index contributed by atoms with van der Waals surface area (Å²) in [6, 6.07) is 19.8. The van der Waals surface area contributed by atoms with E-state index >= 15 is 0 Å². The minimum Gasteiger partial charge on any atom is -0.352 e. The standard InChI is InChI=1S/C20H23NO/c1-2-3-10-15-21-20(22)19(18-13-8-5-9-14-18)16-17-11-6-4-7-12-17/h4-9,11-14,16H,2-3,10,15H2,1H3,(H,21,22)/b19-16-. The van der Waals surface area contributed by atoms with E-state index in [1.807, 2.05) is 66.7 Å². The fourth-order valence-electron chi connectivity index (χ4n) is 2.29. The van der Waals surface area contributed by atoms with Crippen LogP contribution in [0.25, 0.3) is 11.6 Å². The van der Waals surface area contributed by atoms with Crippen molar-refractivity contribution in [1.29, 1.82) is 0 Å². The number of benzene rings is 2. The van der Waals surface area contributed by atoms with Gasteiger partial charge in [0.15, 0.2) is 0 Å². The minimum atomic E-state index is -0.00819. The lowest BCUT2D eigenvalue weighted by atomic mass is 10.0. The second-order valence-corrected chi connectivity index (χ2v) is 5.30. The Morgan fingerprint density at radius 2 is 1.59 bits per heavy atom. The van der Waals surface area contributed by atoms with Crippen molar-refractivity contribution >= 4 is 17.6 Å². The molecule has 0 saturated carbocycles. The van der Waals surface area contributed by atoms with Crippen LogP contribution in [0, 0.1) is 0 Å². The molecule has 0 heterocycles. The van der Waals surface area contributed by atoms with E-state index in [1.165, 1.54) is 0 Å². The van der Waals surface area contributed by atoms with Crippen molar-refractivity contribution in [2.45, 2.75) is 26.2 Å². The third-order valence-electron chi connectivity index (χ3n) is 3.51. The van der Waals surface area contributed by atoms with Gasteiger partial charge in [-0.1, -0.05) is 80.4 Å². The molecule has 2 aromatic rings. The topological polar surface area (TPSA) is 29.1 Å². The average Bonchev–Trinajstić information content (AvgIpc) is 2.58. The lowest BCUT2D eigenvalue weighted by Crippen LogP contribution is -2.25. The van der Waals surface area contributed by atoms with Crippen LogP contribution in [0.15, 0.2) is 60.7 Å². The van der Waals surface area contributed by atoms with Gasteiger partial charge in [-0.25, -0.2) is 0 Å². The van der Waals surface area contributed by atoms with E-state index in [0.29, 0.717) is 5.57 Å². The third kappa shape index (κ3) is 4.88. The van der Waals surface area contributed by atoms with Gasteiger partial charge in [-0.05, 0) is 23.6 Å². The smallest absolute Gasteiger partial charge is 0.251 e. The monoisotopic (exact) mass is 293 g/mol. The lowest BCUT2D eigenvalue weighted by molar-refractivity contribution is -0.115. The fraction of sp³-hybridized carbons (Fsp3) is 0.250. The molecule has 1 amide bonds. The maximum atomic E-state index is 12.5. The van der Waals surface area contributed by atoms with Crippen molar-refractivity contribution in [2.24, 2.45) is 0 Å². The first-order valence-corrected chi connectivity index (χ1v) is 7.91. The Morgan fingerprint density at radius 3 is 2.23 bits per heavy atom. The second-order valence-electron chi connectivity index (χ2n) is 5.30. The van der Waals surface area contributed by atoms with Gasteiger partial charge in [0.25, 0.3) is 5.91 Å². The van der Waals surface area contributed by atoms with E-state index in [9.17, 15) is 4.79 Å². The zero-order valence-corrected chi connectivity index (χ0v) is 13.1. The Balaban J connectivity index is 2.19. The molecule has 0 saturated heterocycles. The lowest BCUT2D eigenvalue weighted by Gasteiger charge is -2.09. The quantitative estimate of drug-likeness (QED) is 0.453. The van der Waals surface area contributed by atoms with Crippen molar-refractivity contribution in [2.75, 3.05) is 6.54 Å². The molecule has 0 bridgehead atoms. The first-order chi connectivity index (χ1) is 10.8. The highest BCUT2D eigenvalue weighted by Gasteiger charge is 2.11. The Morgan fingerprint density at radius 1 is 0.955 bits per heavy atom. The highest BCUT2D eigenvalue weighted by atomic mass is 16.1. The highest BCUT2D eigenvalue weighted by molar-refractivity contribution is 6.24. The molecule has 2 aromatic carbocycles. The number of amides is 1. The molecule has 0 unspecified atom stereocenters. The number of nitrogens with one attached hydrogen (secondary N) is 1. The van der Waals surface area contributed by atoms with Gasteiger partial charge in [-0.2, -0.15) is 0 Å². The summed E-state index contributed by atoms with van der Waals surface area (Å²) in [6.07, 6.45) is 5.27. The summed E-state index contributed by atoms with van der Waals surface area (Å²) < 4.78 is 0. The molecule has 2 rings (SSSR count). The summed E-state index contributed by atoms with van der Waals surface area (Å²) >= 11 is 0. The molecule has 0 atom stereocenters. The number of rotatable bonds is 7. The molecule has 22 heavy (non-hydrogen) atoms. The number of unbranched alkanes of at least 4 members (excludes halogenated alkanes) is 2. The van der Waals surface area contributed by atoms with Crippen molar-refractivity contribution in [3.8, 4) is 0 Å². The van der Waals surface area contributed by atoms with Gasteiger partial charge in [0.05, 0.1) is 0 Å². The summed E-state index contributed by atoms with van der Waals surface area (Å²) in [5, 5.41) is 3.03. The zero-order valence-electron chi connectivity index (χ0n) is 13.1. The van der Waals surface area contributed by atoms with Crippen LogP contribution in [0.1, 0.15) is 37.3 Å². The predicted octanol–water partition coefficient (Wildman–Crippen LogP) is 4.53. The van der Waals surface area contributed by atoms with E-state index in [1.54, 1.807) is 0 Å². The summed E-state index contributed by atoms with van der Waals surface area (Å²) in [5.74, 6) is -0.00819. The zero-order chi connectivity index (χ0) is 15.6. The van der Waals surface area contributed by atoms with Gasteiger partial charge in [0.1, 0.15) is 0 Å². The Labute approximate surface area is 132 Å². The second kappa shape index (κ2) is 8.83. The highest BCUT2D eigenvalue weighted by Crippen LogP contribution is 2.18. The molecule has 2 heteroatoms. The van der Waals surface area contributed by atoms with Crippen LogP contribution in [0.5, 0.6) is 0 Å². The molecular formula is C20H23NO.